The average molecular weight is 345 g/mol. The zero-order valence-corrected chi connectivity index (χ0v) is 14.4. The van der Waals surface area contributed by atoms with Crippen LogP contribution in [-0.4, -0.2) is 44.2 Å². The zero-order chi connectivity index (χ0) is 16.9. The van der Waals surface area contributed by atoms with Crippen molar-refractivity contribution in [1.29, 1.82) is 0 Å². The van der Waals surface area contributed by atoms with Crippen LogP contribution in [0.5, 0.6) is 0 Å². The first kappa shape index (κ1) is 16.8. The standard InChI is InChI=1S/C19H21ClN2O2/c1-24-19(23)18(16-9-5-6-10-17(16)20)22-13-11-21(12-14-22)15-7-3-2-4-8-15/h2-10,18H,11-14H2,1H3/t18-/m0/s1. The van der Waals surface area contributed by atoms with Gasteiger partial charge in [0, 0.05) is 36.9 Å². The van der Waals surface area contributed by atoms with Gasteiger partial charge in [-0.3, -0.25) is 4.90 Å². The Morgan fingerprint density at radius 2 is 1.62 bits per heavy atom. The predicted molar refractivity (Wildman–Crippen MR) is 96.4 cm³/mol. The van der Waals surface area contributed by atoms with E-state index in [0.717, 1.165) is 31.7 Å². The van der Waals surface area contributed by atoms with Crippen molar-refractivity contribution in [1.82, 2.24) is 4.90 Å². The van der Waals surface area contributed by atoms with Crippen LogP contribution in [0.1, 0.15) is 11.6 Å². The lowest BCUT2D eigenvalue weighted by Gasteiger charge is -2.39. The number of nitrogens with zero attached hydrogens (tertiary/aromatic N) is 2. The molecule has 0 radical (unpaired) electrons. The molecule has 1 aliphatic heterocycles. The molecule has 0 bridgehead atoms. The van der Waals surface area contributed by atoms with Crippen molar-refractivity contribution in [3.8, 4) is 0 Å². The van der Waals surface area contributed by atoms with Crippen LogP contribution in [0.15, 0.2) is 54.6 Å². The molecule has 0 unspecified atom stereocenters. The lowest BCUT2D eigenvalue weighted by atomic mass is 10.0. The molecule has 2 aromatic carbocycles. The van der Waals surface area contributed by atoms with Gasteiger partial charge in [0.2, 0.25) is 0 Å². The summed E-state index contributed by atoms with van der Waals surface area (Å²) in [4.78, 5) is 16.9. The van der Waals surface area contributed by atoms with Crippen LogP contribution in [0.2, 0.25) is 5.02 Å². The minimum absolute atomic E-state index is 0.267. The third-order valence-electron chi connectivity index (χ3n) is 4.43. The number of halogens is 1. The van der Waals surface area contributed by atoms with Crippen molar-refractivity contribution < 1.29 is 9.53 Å². The van der Waals surface area contributed by atoms with Crippen LogP contribution in [0.25, 0.3) is 0 Å². The van der Waals surface area contributed by atoms with Crippen molar-refractivity contribution in [2.24, 2.45) is 0 Å². The van der Waals surface area contributed by atoms with E-state index in [1.165, 1.54) is 12.8 Å². The Balaban J connectivity index is 1.76. The number of piperazine rings is 1. The first-order valence-electron chi connectivity index (χ1n) is 8.07. The topological polar surface area (TPSA) is 32.8 Å². The highest BCUT2D eigenvalue weighted by molar-refractivity contribution is 6.31. The van der Waals surface area contributed by atoms with Crippen molar-refractivity contribution in [2.75, 3.05) is 38.2 Å². The monoisotopic (exact) mass is 344 g/mol. The molecule has 1 saturated heterocycles. The molecule has 0 spiro atoms. The maximum Gasteiger partial charge on any atom is 0.327 e. The Kier molecular flexibility index (Phi) is 5.38. The van der Waals surface area contributed by atoms with Gasteiger partial charge in [0.05, 0.1) is 7.11 Å². The molecule has 126 valence electrons. The van der Waals surface area contributed by atoms with Gasteiger partial charge in [0.25, 0.3) is 0 Å². The number of anilines is 1. The van der Waals surface area contributed by atoms with Gasteiger partial charge < -0.3 is 9.64 Å². The fourth-order valence-corrected chi connectivity index (χ4v) is 3.40. The van der Waals surface area contributed by atoms with Crippen LogP contribution in [-0.2, 0) is 9.53 Å². The van der Waals surface area contributed by atoms with Crippen LogP contribution in [0.3, 0.4) is 0 Å². The van der Waals surface area contributed by atoms with Crippen LogP contribution in [0, 0.1) is 0 Å². The molecule has 0 N–H and O–H groups in total. The van der Waals surface area contributed by atoms with Gasteiger partial charge in [-0.2, -0.15) is 0 Å². The first-order valence-corrected chi connectivity index (χ1v) is 8.45. The van der Waals surface area contributed by atoms with E-state index in [1.54, 1.807) is 0 Å². The minimum Gasteiger partial charge on any atom is -0.468 e. The fraction of sp³-hybridized carbons (Fsp3) is 0.316. The summed E-state index contributed by atoms with van der Waals surface area (Å²) in [6.07, 6.45) is 0. The van der Waals surface area contributed by atoms with Crippen LogP contribution < -0.4 is 4.90 Å². The summed E-state index contributed by atoms with van der Waals surface area (Å²) in [7, 11) is 1.42. The number of rotatable bonds is 4. The molecule has 0 amide bonds. The van der Waals surface area contributed by atoms with Gasteiger partial charge in [0.15, 0.2) is 0 Å². The van der Waals surface area contributed by atoms with Gasteiger partial charge >= 0.3 is 5.97 Å². The molecule has 4 nitrogen and oxygen atoms in total. The van der Waals surface area contributed by atoms with E-state index in [4.69, 9.17) is 16.3 Å². The molecule has 1 aliphatic rings. The lowest BCUT2D eigenvalue weighted by molar-refractivity contribution is -0.147. The normalized spacial score (nSPS) is 16.7. The molecule has 2 aromatic rings. The van der Waals surface area contributed by atoms with Gasteiger partial charge in [-0.25, -0.2) is 4.79 Å². The third kappa shape index (κ3) is 3.55. The fourth-order valence-electron chi connectivity index (χ4n) is 3.16. The van der Waals surface area contributed by atoms with Crippen molar-refractivity contribution in [3.05, 3.63) is 65.2 Å². The number of methoxy groups -OCH3 is 1. The second-order valence-corrected chi connectivity index (χ2v) is 6.21. The lowest BCUT2D eigenvalue weighted by Crippen LogP contribution is -2.49. The molecule has 0 saturated carbocycles. The molecule has 1 fully saturated rings. The Hall–Kier alpha value is -2.04. The van der Waals surface area contributed by atoms with Gasteiger partial charge in [-0.1, -0.05) is 48.0 Å². The summed E-state index contributed by atoms with van der Waals surface area (Å²) in [6, 6.07) is 17.4. The van der Waals surface area contributed by atoms with E-state index in [-0.39, 0.29) is 5.97 Å². The smallest absolute Gasteiger partial charge is 0.327 e. The van der Waals surface area contributed by atoms with E-state index in [9.17, 15) is 4.79 Å². The highest BCUT2D eigenvalue weighted by atomic mass is 35.5. The number of esters is 1. The summed E-state index contributed by atoms with van der Waals surface area (Å²) in [5.41, 5.74) is 2.02. The second kappa shape index (κ2) is 7.69. The van der Waals surface area contributed by atoms with Crippen molar-refractivity contribution in [3.63, 3.8) is 0 Å². The molecule has 3 rings (SSSR count). The number of ether oxygens (including phenoxy) is 1. The average Bonchev–Trinajstić information content (AvgIpc) is 2.64. The molecule has 0 aromatic heterocycles. The first-order chi connectivity index (χ1) is 11.7. The number of carbonyl (C=O) groups is 1. The molecule has 24 heavy (non-hydrogen) atoms. The summed E-state index contributed by atoms with van der Waals surface area (Å²) in [5.74, 6) is -0.267. The van der Waals surface area contributed by atoms with E-state index < -0.39 is 6.04 Å². The maximum absolute atomic E-state index is 12.4. The highest BCUT2D eigenvalue weighted by Crippen LogP contribution is 2.30. The Morgan fingerprint density at radius 3 is 2.25 bits per heavy atom. The molecule has 1 atom stereocenters. The van der Waals surface area contributed by atoms with Gasteiger partial charge in [0.1, 0.15) is 6.04 Å². The number of hydrogen-bond acceptors (Lipinski definition) is 4. The summed E-state index contributed by atoms with van der Waals surface area (Å²) in [6.45, 7) is 3.28. The summed E-state index contributed by atoms with van der Waals surface area (Å²) in [5, 5.41) is 0.596. The van der Waals surface area contributed by atoms with Crippen molar-refractivity contribution in [2.45, 2.75) is 6.04 Å². The molecule has 1 heterocycles. The van der Waals surface area contributed by atoms with E-state index in [2.05, 4.69) is 21.9 Å². The number of para-hydroxylation sites is 1. The quantitative estimate of drug-likeness (QED) is 0.796. The largest absolute Gasteiger partial charge is 0.468 e. The number of benzene rings is 2. The number of carbonyl (C=O) groups excluding carboxylic acids is 1. The third-order valence-corrected chi connectivity index (χ3v) is 4.77. The summed E-state index contributed by atoms with van der Waals surface area (Å²) < 4.78 is 5.03. The Labute approximate surface area is 147 Å². The van der Waals surface area contributed by atoms with E-state index >= 15 is 0 Å². The Morgan fingerprint density at radius 1 is 1.00 bits per heavy atom. The molecule has 0 aliphatic carbocycles. The van der Waals surface area contributed by atoms with Crippen molar-refractivity contribution >= 4 is 23.3 Å². The number of hydrogen-bond donors (Lipinski definition) is 0. The highest BCUT2D eigenvalue weighted by Gasteiger charge is 2.32. The predicted octanol–water partition coefficient (Wildman–Crippen LogP) is 3.38. The molecular weight excluding hydrogens is 324 g/mol. The van der Waals surface area contributed by atoms with Gasteiger partial charge in [-0.05, 0) is 23.8 Å². The van der Waals surface area contributed by atoms with Crippen LogP contribution >= 0.6 is 11.6 Å². The zero-order valence-electron chi connectivity index (χ0n) is 13.7. The minimum atomic E-state index is -0.457. The van der Waals surface area contributed by atoms with E-state index in [0.29, 0.717) is 5.02 Å². The second-order valence-electron chi connectivity index (χ2n) is 5.81. The van der Waals surface area contributed by atoms with Gasteiger partial charge in [-0.15, -0.1) is 0 Å². The molecule has 5 heteroatoms. The maximum atomic E-state index is 12.4. The molecular formula is C19H21ClN2O2. The summed E-state index contributed by atoms with van der Waals surface area (Å²) >= 11 is 6.32. The Bertz CT molecular complexity index is 685. The van der Waals surface area contributed by atoms with E-state index in [1.807, 2.05) is 42.5 Å². The SMILES string of the molecule is COC(=O)[C@H](c1ccccc1Cl)N1CCN(c2ccccc2)CC1. The van der Waals surface area contributed by atoms with Crippen LogP contribution in [0.4, 0.5) is 5.69 Å².